The number of hydrogen-bond donors (Lipinski definition) is 3. The first-order valence-electron chi connectivity index (χ1n) is 24.9. The Kier molecular flexibility index (Phi) is 39.7. The Bertz CT molecular complexity index is 1510. The summed E-state index contributed by atoms with van der Waals surface area (Å²) < 4.78 is 76.8. The first-order valence-corrected chi connectivity index (χ1v) is 40.3. The van der Waals surface area contributed by atoms with E-state index in [-0.39, 0.29) is 72.2 Å². The minimum Gasteiger partial charge on any atom is -0.319 e. The van der Waals surface area contributed by atoms with Crippen molar-refractivity contribution in [1.29, 1.82) is 0 Å². The Morgan fingerprint density at radius 1 is 0.343 bits per heavy atom. The first-order chi connectivity index (χ1) is 31.7. The minimum absolute atomic E-state index is 0.0421. The van der Waals surface area contributed by atoms with E-state index >= 15 is 0 Å². The van der Waals surface area contributed by atoms with Crippen molar-refractivity contribution in [2.24, 2.45) is 35.5 Å². The summed E-state index contributed by atoms with van der Waals surface area (Å²) in [6, 6.07) is 0. The van der Waals surface area contributed by atoms with Gasteiger partial charge in [0, 0.05) is 15.7 Å². The largest absolute Gasteiger partial charge is 0.472 e. The number of phosphoric acid groups is 2. The summed E-state index contributed by atoms with van der Waals surface area (Å²) in [6.07, 6.45) is 4.83. The number of hydrogen-bond acceptors (Lipinski definition) is 17. The first kappa shape index (κ1) is 75.1. The van der Waals surface area contributed by atoms with Crippen LogP contribution < -0.4 is 0 Å². The van der Waals surface area contributed by atoms with Crippen molar-refractivity contribution in [2.45, 2.75) is 236 Å². The average Bonchev–Trinajstić information content (AvgIpc) is 3.09. The molecule has 0 aliphatic heterocycles. The molecule has 0 saturated heterocycles. The summed E-state index contributed by atoms with van der Waals surface area (Å²) in [5.41, 5.74) is -8.18. The van der Waals surface area contributed by atoms with Crippen LogP contribution in [0.5, 0.6) is 0 Å². The van der Waals surface area contributed by atoms with Crippen LogP contribution in [0.25, 0.3) is 0 Å². The quantitative estimate of drug-likeness (QED) is 0.0495. The van der Waals surface area contributed by atoms with Crippen LogP contribution in [0.15, 0.2) is 0 Å². The molecule has 9 unspecified atom stereocenters. The maximum absolute atomic E-state index is 12.9. The highest BCUT2D eigenvalue weighted by Crippen LogP contribution is 2.67. The summed E-state index contributed by atoms with van der Waals surface area (Å²) >= 11 is 21.7. The smallest absolute Gasteiger partial charge is 0.319 e. The SMILES string of the molecule is CC(C)CC(C)OP(=S)(OC(C)CC(C)C)SC(C)COP(=O)(O)O.CC(C)CC(C)OP(=S)(OC(C)CC(C)C)SC(C)COP(=O)(O)OCC(C)SP(=S)(OC(C)CC(C)C)OC(C)CC(C)C. The Morgan fingerprint density at radius 2 is 0.514 bits per heavy atom. The van der Waals surface area contributed by atoms with Crippen LogP contribution in [0, 0.1) is 35.5 Å². The van der Waals surface area contributed by atoms with Crippen molar-refractivity contribution in [1.82, 2.24) is 0 Å². The molecule has 0 spiro atoms. The van der Waals surface area contributed by atoms with Gasteiger partial charge in [-0.1, -0.05) is 138 Å². The predicted octanol–water partition coefficient (Wildman–Crippen LogP) is 17.0. The van der Waals surface area contributed by atoms with Gasteiger partial charge in [0.05, 0.1) is 56.4 Å². The van der Waals surface area contributed by atoms with Crippen LogP contribution in [0.3, 0.4) is 0 Å². The molecule has 0 aromatic heterocycles. The molecule has 70 heavy (non-hydrogen) atoms. The Hall–Kier alpha value is 2.98. The molecule has 0 aliphatic carbocycles. The Morgan fingerprint density at radius 3 is 0.671 bits per heavy atom. The molecule has 0 bridgehead atoms. The zero-order chi connectivity index (χ0) is 55.0. The van der Waals surface area contributed by atoms with Crippen molar-refractivity contribution in [3.05, 3.63) is 0 Å². The molecule has 424 valence electrons. The van der Waals surface area contributed by atoms with E-state index in [4.69, 9.17) is 81.4 Å². The van der Waals surface area contributed by atoms with Crippen LogP contribution in [0.1, 0.15) is 184 Å². The molecule has 9 atom stereocenters. The van der Waals surface area contributed by atoms with E-state index in [9.17, 15) is 14.0 Å². The molecule has 0 fully saturated rings. The Labute approximate surface area is 455 Å². The lowest BCUT2D eigenvalue weighted by atomic mass is 10.1. The van der Waals surface area contributed by atoms with E-state index in [0.29, 0.717) is 35.5 Å². The van der Waals surface area contributed by atoms with Crippen molar-refractivity contribution >= 4 is 102 Å². The van der Waals surface area contributed by atoms with Crippen LogP contribution in [-0.2, 0) is 85.3 Å². The molecule has 0 rings (SSSR count). The van der Waals surface area contributed by atoms with Crippen molar-refractivity contribution in [3.63, 3.8) is 0 Å². The van der Waals surface area contributed by atoms with E-state index in [0.717, 1.165) is 38.5 Å². The normalized spacial score (nSPS) is 20.2. The molecule has 0 aromatic rings. The standard InChI is InChI=1S/C30H65O8P3S4.C15H34O6P2S2/c1-21(2)15-25(9)35-40(42,36-26(10)16-22(3)4)44-29(13)19-33-39(31,32)34-20-30(14)45-41(43,37-27(11)17-23(5)6)38-28(12)18-24(7)8;1-11(2)8-13(5)20-23(24,21-14(6)9-12(3)4)25-15(7)10-19-22(16,17)18/h21-30H,15-20H2,1-14H3,(H,31,32);11-15H,8-10H2,1-7H3,(H2,16,17,18). The van der Waals surface area contributed by atoms with Gasteiger partial charge in [0.2, 0.25) is 17.1 Å². The molecular weight excluding hydrogens is 1110 g/mol. The van der Waals surface area contributed by atoms with Gasteiger partial charge in [0.15, 0.2) is 0 Å². The van der Waals surface area contributed by atoms with Crippen LogP contribution in [0.2, 0.25) is 0 Å². The molecule has 3 N–H and O–H groups in total. The fraction of sp³-hybridized carbons (Fsp3) is 1.00. The van der Waals surface area contributed by atoms with Gasteiger partial charge in [-0.25, -0.2) is 9.13 Å². The van der Waals surface area contributed by atoms with Crippen molar-refractivity contribution in [2.75, 3.05) is 19.8 Å². The summed E-state index contributed by atoms with van der Waals surface area (Å²) in [7, 11) is -8.84. The third-order valence-electron chi connectivity index (χ3n) is 9.02. The van der Waals surface area contributed by atoms with Gasteiger partial charge < -0.3 is 41.8 Å². The maximum Gasteiger partial charge on any atom is 0.472 e. The van der Waals surface area contributed by atoms with Gasteiger partial charge >= 0.3 is 15.6 Å². The zero-order valence-corrected chi connectivity index (χ0v) is 55.9. The summed E-state index contributed by atoms with van der Waals surface area (Å²) in [5.74, 6) is 2.78. The van der Waals surface area contributed by atoms with Crippen LogP contribution >= 0.6 is 66.9 Å². The predicted molar refractivity (Wildman–Crippen MR) is 314 cm³/mol. The lowest BCUT2D eigenvalue weighted by Crippen LogP contribution is -2.17. The minimum atomic E-state index is -4.49. The molecule has 25 heteroatoms. The monoisotopic (exact) mass is 1210 g/mol. The van der Waals surface area contributed by atoms with E-state index < -0.39 is 32.7 Å². The fourth-order valence-electron chi connectivity index (χ4n) is 7.18. The van der Waals surface area contributed by atoms with Gasteiger partial charge in [-0.3, -0.25) is 13.6 Å². The van der Waals surface area contributed by atoms with Gasteiger partial charge in [-0.2, -0.15) is 0 Å². The highest BCUT2D eigenvalue weighted by Gasteiger charge is 2.34. The van der Waals surface area contributed by atoms with Gasteiger partial charge in [0.1, 0.15) is 0 Å². The average molecular weight is 1210 g/mol. The molecule has 14 nitrogen and oxygen atoms in total. The molecule has 0 heterocycles. The topological polar surface area (TPSA) is 178 Å². The third-order valence-corrected chi connectivity index (χ3v) is 27.4. The number of rotatable bonds is 39. The van der Waals surface area contributed by atoms with Gasteiger partial charge in [0.25, 0.3) is 0 Å². The summed E-state index contributed by atoms with van der Waals surface area (Å²) in [4.78, 5) is 28.2. The van der Waals surface area contributed by atoms with Gasteiger partial charge in [-0.15, -0.1) is 0 Å². The fourth-order valence-corrected chi connectivity index (χ4v) is 28.8. The van der Waals surface area contributed by atoms with Crippen LogP contribution in [0.4, 0.5) is 0 Å². The lowest BCUT2D eigenvalue weighted by Gasteiger charge is -2.31. The molecule has 0 aromatic carbocycles. The molecule has 0 aliphatic rings. The second-order valence-electron chi connectivity index (χ2n) is 21.2. The van der Waals surface area contributed by atoms with E-state index in [2.05, 4.69) is 87.6 Å². The second kappa shape index (κ2) is 37.0. The summed E-state index contributed by atoms with van der Waals surface area (Å²) in [6.45, 7) is 43.0. The molecule has 0 radical (unpaired) electrons. The Balaban J connectivity index is 0. The lowest BCUT2D eigenvalue weighted by molar-refractivity contribution is 0.142. The van der Waals surface area contributed by atoms with E-state index in [1.54, 1.807) is 6.92 Å². The van der Waals surface area contributed by atoms with Gasteiger partial charge in [-0.05, 0) is 151 Å². The molecular formula is C45H99O14P5S6. The van der Waals surface area contributed by atoms with Crippen LogP contribution in [-0.4, -0.2) is 86.9 Å². The third kappa shape index (κ3) is 42.9. The second-order valence-corrected chi connectivity index (χ2v) is 43.5. The number of phosphoric ester groups is 2. The van der Waals surface area contributed by atoms with E-state index in [1.165, 1.54) is 34.1 Å². The highest BCUT2D eigenvalue weighted by atomic mass is 32.9. The van der Waals surface area contributed by atoms with E-state index in [1.807, 2.05) is 55.4 Å². The summed E-state index contributed by atoms with van der Waals surface area (Å²) in [5, 5.41) is -0.778. The maximum atomic E-state index is 12.9. The highest BCUT2D eigenvalue weighted by molar-refractivity contribution is 8.69. The zero-order valence-electron chi connectivity index (χ0n) is 46.5. The van der Waals surface area contributed by atoms with Crippen molar-refractivity contribution < 1.29 is 64.5 Å². The molecule has 0 saturated carbocycles. The van der Waals surface area contributed by atoms with Crippen molar-refractivity contribution in [3.8, 4) is 0 Å². The molecule has 0 amide bonds.